The topological polar surface area (TPSA) is 80.0 Å². The molecule has 1 aromatic carbocycles. The minimum Gasteiger partial charge on any atom is -0.380 e. The first-order valence-corrected chi connectivity index (χ1v) is 8.94. The molecule has 1 fully saturated rings. The molecule has 1 saturated heterocycles. The second-order valence-corrected chi connectivity index (χ2v) is 7.78. The highest BCUT2D eigenvalue weighted by atomic mass is 19.1. The standard InChI is InChI=1S/C19H27FN4O2/c1-18(2)16(25)24(4)17(21)23-19(18,3)14-10-12(7-8-15(14)20)22-13-6-5-9-26-11-13/h7-8,10,13,22H,5-6,9,11H2,1-4H3,(H2,21,23)/t13?,19-/m1/s1. The van der Waals surface area contributed by atoms with Gasteiger partial charge in [0, 0.05) is 30.9 Å². The number of nitrogens with zero attached hydrogens (tertiary/aromatic N) is 2. The van der Waals surface area contributed by atoms with E-state index in [1.807, 2.05) is 0 Å². The van der Waals surface area contributed by atoms with Crippen LogP contribution >= 0.6 is 0 Å². The summed E-state index contributed by atoms with van der Waals surface area (Å²) in [5.74, 6) is -0.499. The molecule has 3 N–H and O–H groups in total. The molecule has 6 nitrogen and oxygen atoms in total. The number of rotatable bonds is 3. The number of hydrogen-bond acceptors (Lipinski definition) is 5. The van der Waals surface area contributed by atoms with Crippen molar-refractivity contribution in [2.45, 2.75) is 45.2 Å². The van der Waals surface area contributed by atoms with Crippen molar-refractivity contribution in [3.05, 3.63) is 29.6 Å². The molecule has 2 aliphatic rings. The highest BCUT2D eigenvalue weighted by Gasteiger charge is 2.53. The fraction of sp³-hybridized carbons (Fsp3) is 0.579. The fourth-order valence-corrected chi connectivity index (χ4v) is 3.65. The maximum absolute atomic E-state index is 14.8. The molecule has 1 amide bonds. The first-order valence-electron chi connectivity index (χ1n) is 8.94. The van der Waals surface area contributed by atoms with Gasteiger partial charge in [-0.15, -0.1) is 0 Å². The van der Waals surface area contributed by atoms with Crippen LogP contribution in [-0.2, 0) is 15.1 Å². The highest BCUT2D eigenvalue weighted by molar-refractivity contribution is 6.01. The third-order valence-electron chi connectivity index (χ3n) is 5.76. The number of halogens is 1. The molecule has 142 valence electrons. The Morgan fingerprint density at radius 3 is 2.77 bits per heavy atom. The lowest BCUT2D eigenvalue weighted by atomic mass is 9.67. The zero-order valence-electron chi connectivity index (χ0n) is 15.8. The lowest BCUT2D eigenvalue weighted by molar-refractivity contribution is -0.140. The van der Waals surface area contributed by atoms with Crippen molar-refractivity contribution < 1.29 is 13.9 Å². The number of guanidine groups is 1. The zero-order chi connectivity index (χ0) is 19.1. The van der Waals surface area contributed by atoms with E-state index in [1.54, 1.807) is 40.0 Å². The Kier molecular flexibility index (Phi) is 4.69. The van der Waals surface area contributed by atoms with Crippen molar-refractivity contribution in [2.75, 3.05) is 25.6 Å². The number of aliphatic imine (C=N–C) groups is 1. The number of nitrogens with two attached hydrogens (primary N) is 1. The molecule has 0 bridgehead atoms. The SMILES string of the molecule is CN1C(=O)C(C)(C)[C@@](C)(c2cc(NC3CCCOC3)ccc2F)N=C1N. The fourth-order valence-electron chi connectivity index (χ4n) is 3.65. The molecular formula is C19H27FN4O2. The average Bonchev–Trinajstić information content (AvgIpc) is 2.61. The number of anilines is 1. The van der Waals surface area contributed by atoms with E-state index in [-0.39, 0.29) is 17.9 Å². The first kappa shape index (κ1) is 18.6. The predicted octanol–water partition coefficient (Wildman–Crippen LogP) is 2.44. The van der Waals surface area contributed by atoms with Gasteiger partial charge in [-0.1, -0.05) is 0 Å². The van der Waals surface area contributed by atoms with E-state index in [9.17, 15) is 9.18 Å². The summed E-state index contributed by atoms with van der Waals surface area (Å²) in [6.07, 6.45) is 2.00. The molecule has 0 spiro atoms. The summed E-state index contributed by atoms with van der Waals surface area (Å²) in [7, 11) is 1.58. The van der Waals surface area contributed by atoms with Gasteiger partial charge in [-0.2, -0.15) is 0 Å². The van der Waals surface area contributed by atoms with Crippen LogP contribution in [0.15, 0.2) is 23.2 Å². The van der Waals surface area contributed by atoms with Gasteiger partial charge >= 0.3 is 0 Å². The Balaban J connectivity index is 2.01. The number of ether oxygens (including phenoxy) is 1. The minimum absolute atomic E-state index is 0.0928. The van der Waals surface area contributed by atoms with Crippen LogP contribution in [0.3, 0.4) is 0 Å². The second-order valence-electron chi connectivity index (χ2n) is 7.78. The Bertz CT molecular complexity index is 743. The molecule has 1 aromatic rings. The summed E-state index contributed by atoms with van der Waals surface area (Å²) in [5, 5.41) is 3.40. The van der Waals surface area contributed by atoms with Crippen LogP contribution in [0.1, 0.15) is 39.2 Å². The van der Waals surface area contributed by atoms with Crippen LogP contribution in [0, 0.1) is 11.2 Å². The second kappa shape index (κ2) is 6.54. The van der Waals surface area contributed by atoms with Gasteiger partial charge in [-0.25, -0.2) is 9.38 Å². The first-order chi connectivity index (χ1) is 12.2. The molecular weight excluding hydrogens is 335 g/mol. The largest absolute Gasteiger partial charge is 0.380 e. The van der Waals surface area contributed by atoms with Gasteiger partial charge in [0.1, 0.15) is 11.4 Å². The molecule has 2 atom stereocenters. The molecule has 0 aliphatic carbocycles. The molecule has 1 unspecified atom stereocenters. The van der Waals surface area contributed by atoms with Crippen LogP contribution in [0.4, 0.5) is 10.1 Å². The number of hydrogen-bond donors (Lipinski definition) is 2. The van der Waals surface area contributed by atoms with Gasteiger partial charge < -0.3 is 15.8 Å². The van der Waals surface area contributed by atoms with Crippen molar-refractivity contribution in [1.29, 1.82) is 0 Å². The van der Waals surface area contributed by atoms with Gasteiger partial charge in [0.25, 0.3) is 0 Å². The van der Waals surface area contributed by atoms with Crippen LogP contribution in [0.5, 0.6) is 0 Å². The van der Waals surface area contributed by atoms with Crippen molar-refractivity contribution in [1.82, 2.24) is 4.90 Å². The van der Waals surface area contributed by atoms with E-state index in [0.717, 1.165) is 25.1 Å². The van der Waals surface area contributed by atoms with Gasteiger partial charge in [-0.3, -0.25) is 9.69 Å². The molecule has 26 heavy (non-hydrogen) atoms. The van der Waals surface area contributed by atoms with Crippen LogP contribution in [-0.4, -0.2) is 43.1 Å². The Hall–Kier alpha value is -2.15. The smallest absolute Gasteiger partial charge is 0.237 e. The van der Waals surface area contributed by atoms with Crippen molar-refractivity contribution >= 4 is 17.6 Å². The monoisotopic (exact) mass is 362 g/mol. The normalized spacial score (nSPS) is 28.7. The van der Waals surface area contributed by atoms with Gasteiger partial charge in [0.05, 0.1) is 12.0 Å². The van der Waals surface area contributed by atoms with E-state index >= 15 is 0 Å². The summed E-state index contributed by atoms with van der Waals surface area (Å²) in [6.45, 7) is 6.72. The Labute approximate surface area is 153 Å². The van der Waals surface area contributed by atoms with Crippen molar-refractivity contribution in [3.8, 4) is 0 Å². The summed E-state index contributed by atoms with van der Waals surface area (Å²) in [5.41, 5.74) is 5.03. The summed E-state index contributed by atoms with van der Waals surface area (Å²) in [4.78, 5) is 18.6. The molecule has 3 rings (SSSR count). The van der Waals surface area contributed by atoms with Crippen LogP contribution in [0.2, 0.25) is 0 Å². The molecule has 0 radical (unpaired) electrons. The molecule has 0 saturated carbocycles. The average molecular weight is 362 g/mol. The number of benzene rings is 1. The zero-order valence-corrected chi connectivity index (χ0v) is 15.8. The molecule has 2 aliphatic heterocycles. The summed E-state index contributed by atoms with van der Waals surface area (Å²) in [6, 6.07) is 5.04. The van der Waals surface area contributed by atoms with E-state index < -0.39 is 16.8 Å². The van der Waals surface area contributed by atoms with Gasteiger partial charge in [-0.05, 0) is 51.8 Å². The Morgan fingerprint density at radius 1 is 1.38 bits per heavy atom. The van der Waals surface area contributed by atoms with Crippen LogP contribution in [0.25, 0.3) is 0 Å². The Morgan fingerprint density at radius 2 is 2.12 bits per heavy atom. The predicted molar refractivity (Wildman–Crippen MR) is 99.4 cm³/mol. The third kappa shape index (κ3) is 2.94. The summed E-state index contributed by atoms with van der Waals surface area (Å²) < 4.78 is 20.3. The van der Waals surface area contributed by atoms with Crippen LogP contribution < -0.4 is 11.1 Å². The number of carbonyl (C=O) groups excluding carboxylic acids is 1. The van der Waals surface area contributed by atoms with E-state index in [4.69, 9.17) is 10.5 Å². The maximum atomic E-state index is 14.8. The minimum atomic E-state index is -1.11. The lowest BCUT2D eigenvalue weighted by Crippen LogP contribution is -2.58. The lowest BCUT2D eigenvalue weighted by Gasteiger charge is -2.46. The van der Waals surface area contributed by atoms with Gasteiger partial charge in [0.2, 0.25) is 5.91 Å². The van der Waals surface area contributed by atoms with Crippen molar-refractivity contribution in [3.63, 3.8) is 0 Å². The van der Waals surface area contributed by atoms with E-state index in [1.165, 1.54) is 11.0 Å². The number of amides is 1. The molecule has 2 heterocycles. The summed E-state index contributed by atoms with van der Waals surface area (Å²) >= 11 is 0. The van der Waals surface area contributed by atoms with Gasteiger partial charge in [0.15, 0.2) is 5.96 Å². The molecule has 0 aromatic heterocycles. The number of nitrogens with one attached hydrogen (secondary N) is 1. The quantitative estimate of drug-likeness (QED) is 0.866. The third-order valence-corrected chi connectivity index (χ3v) is 5.76. The molecule has 7 heteroatoms. The van der Waals surface area contributed by atoms with Crippen molar-refractivity contribution in [2.24, 2.45) is 16.1 Å². The number of carbonyl (C=O) groups is 1. The van der Waals surface area contributed by atoms with E-state index in [2.05, 4.69) is 10.3 Å². The van der Waals surface area contributed by atoms with E-state index in [0.29, 0.717) is 12.2 Å². The maximum Gasteiger partial charge on any atom is 0.237 e. The highest BCUT2D eigenvalue weighted by Crippen LogP contribution is 2.47.